The number of carbonyl (C=O) groups is 2. The van der Waals surface area contributed by atoms with Crippen LogP contribution in [0.2, 0.25) is 0 Å². The van der Waals surface area contributed by atoms with Crippen LogP contribution in [0.5, 0.6) is 0 Å². The average Bonchev–Trinajstić information content (AvgIpc) is 2.81. The van der Waals surface area contributed by atoms with E-state index in [4.69, 9.17) is 5.11 Å². The predicted octanol–water partition coefficient (Wildman–Crippen LogP) is 2.45. The number of likely N-dealkylation sites (tertiary alicyclic amines) is 1. The first-order valence-electron chi connectivity index (χ1n) is 5.81. The van der Waals surface area contributed by atoms with Crippen molar-refractivity contribution in [3.05, 3.63) is 33.8 Å². The molecule has 0 spiro atoms. The second kappa shape index (κ2) is 5.10. The Bertz CT molecular complexity index is 501. The van der Waals surface area contributed by atoms with Crippen molar-refractivity contribution in [2.24, 2.45) is 0 Å². The van der Waals surface area contributed by atoms with Crippen LogP contribution >= 0.6 is 15.9 Å². The van der Waals surface area contributed by atoms with Crippen molar-refractivity contribution in [2.45, 2.75) is 25.8 Å². The number of carboxylic acid groups (broad SMARTS) is 1. The number of aliphatic carboxylic acids is 1. The lowest BCUT2D eigenvalue weighted by molar-refractivity contribution is -0.141. The Balaban J connectivity index is 2.31. The fraction of sp³-hybridized carbons (Fsp3) is 0.385. The van der Waals surface area contributed by atoms with Crippen molar-refractivity contribution in [1.29, 1.82) is 0 Å². The number of nitrogens with zero attached hydrogens (tertiary/aromatic N) is 1. The zero-order valence-corrected chi connectivity index (χ0v) is 11.6. The summed E-state index contributed by atoms with van der Waals surface area (Å²) >= 11 is 3.39. The summed E-state index contributed by atoms with van der Waals surface area (Å²) in [5, 5.41) is 9.10. The van der Waals surface area contributed by atoms with Crippen LogP contribution in [0.15, 0.2) is 22.7 Å². The molecule has 0 aromatic heterocycles. The number of amides is 1. The van der Waals surface area contributed by atoms with E-state index in [2.05, 4.69) is 15.9 Å². The maximum Gasteiger partial charge on any atom is 0.326 e. The number of carboxylic acids is 1. The normalized spacial score (nSPS) is 19.0. The highest BCUT2D eigenvalue weighted by Crippen LogP contribution is 2.26. The Morgan fingerprint density at radius 2 is 2.17 bits per heavy atom. The van der Waals surface area contributed by atoms with E-state index in [0.717, 1.165) is 16.5 Å². The van der Waals surface area contributed by atoms with Crippen LogP contribution in [0.1, 0.15) is 28.8 Å². The zero-order valence-electron chi connectivity index (χ0n) is 10.0. The van der Waals surface area contributed by atoms with Gasteiger partial charge in [0.1, 0.15) is 6.04 Å². The first kappa shape index (κ1) is 13.1. The lowest BCUT2D eigenvalue weighted by atomic mass is 10.1. The summed E-state index contributed by atoms with van der Waals surface area (Å²) in [6.07, 6.45) is 1.27. The number of aryl methyl sites for hydroxylation is 1. The van der Waals surface area contributed by atoms with Gasteiger partial charge in [0.15, 0.2) is 0 Å². The third-order valence-electron chi connectivity index (χ3n) is 3.22. The minimum atomic E-state index is -0.926. The second-order valence-corrected chi connectivity index (χ2v) is 5.22. The van der Waals surface area contributed by atoms with Crippen LogP contribution in [-0.2, 0) is 4.79 Å². The smallest absolute Gasteiger partial charge is 0.326 e. The Morgan fingerprint density at radius 1 is 1.44 bits per heavy atom. The Kier molecular flexibility index (Phi) is 3.71. The summed E-state index contributed by atoms with van der Waals surface area (Å²) in [4.78, 5) is 24.9. The Hall–Kier alpha value is -1.36. The SMILES string of the molecule is Cc1cccc(C(=O)N2CCC[C@H]2C(=O)O)c1Br. The van der Waals surface area contributed by atoms with Gasteiger partial charge < -0.3 is 10.0 Å². The van der Waals surface area contributed by atoms with Crippen LogP contribution in [-0.4, -0.2) is 34.5 Å². The summed E-state index contributed by atoms with van der Waals surface area (Å²) in [6, 6.07) is 4.74. The maximum absolute atomic E-state index is 12.4. The van der Waals surface area contributed by atoms with E-state index >= 15 is 0 Å². The highest BCUT2D eigenvalue weighted by atomic mass is 79.9. The van der Waals surface area contributed by atoms with Crippen LogP contribution < -0.4 is 0 Å². The van der Waals surface area contributed by atoms with Gasteiger partial charge in [-0.05, 0) is 47.3 Å². The van der Waals surface area contributed by atoms with E-state index < -0.39 is 12.0 Å². The van der Waals surface area contributed by atoms with Gasteiger partial charge in [-0.1, -0.05) is 12.1 Å². The summed E-state index contributed by atoms with van der Waals surface area (Å²) in [5.41, 5.74) is 1.50. The molecule has 0 aliphatic carbocycles. The topological polar surface area (TPSA) is 57.6 Å². The first-order valence-corrected chi connectivity index (χ1v) is 6.60. The predicted molar refractivity (Wildman–Crippen MR) is 70.6 cm³/mol. The summed E-state index contributed by atoms with van der Waals surface area (Å²) in [5.74, 6) is -1.14. The van der Waals surface area contributed by atoms with Crippen LogP contribution in [0.25, 0.3) is 0 Å². The molecule has 18 heavy (non-hydrogen) atoms. The van der Waals surface area contributed by atoms with Gasteiger partial charge in [-0.25, -0.2) is 4.79 Å². The Morgan fingerprint density at radius 3 is 2.83 bits per heavy atom. The van der Waals surface area contributed by atoms with Crippen molar-refractivity contribution in [3.8, 4) is 0 Å². The molecule has 0 unspecified atom stereocenters. The lowest BCUT2D eigenvalue weighted by Crippen LogP contribution is -2.40. The third-order valence-corrected chi connectivity index (χ3v) is 4.27. The number of hydrogen-bond donors (Lipinski definition) is 1. The molecule has 1 aliphatic heterocycles. The van der Waals surface area contributed by atoms with Crippen molar-refractivity contribution in [1.82, 2.24) is 4.90 Å². The molecule has 1 atom stereocenters. The average molecular weight is 312 g/mol. The molecule has 1 fully saturated rings. The van der Waals surface area contributed by atoms with Crippen molar-refractivity contribution in [2.75, 3.05) is 6.54 Å². The largest absolute Gasteiger partial charge is 0.480 e. The van der Waals surface area contributed by atoms with E-state index in [0.29, 0.717) is 18.5 Å². The third kappa shape index (κ3) is 2.27. The maximum atomic E-state index is 12.4. The molecule has 0 bridgehead atoms. The standard InChI is InChI=1S/C13H14BrNO3/c1-8-4-2-5-9(11(8)14)12(16)15-7-3-6-10(15)13(17)18/h2,4-5,10H,3,6-7H2,1H3,(H,17,18)/t10-/m0/s1. The Labute approximate surface area is 114 Å². The fourth-order valence-electron chi connectivity index (χ4n) is 2.23. The molecule has 1 N–H and O–H groups in total. The molecule has 96 valence electrons. The minimum absolute atomic E-state index is 0.213. The van der Waals surface area contributed by atoms with Crippen LogP contribution in [0.3, 0.4) is 0 Å². The monoisotopic (exact) mass is 311 g/mol. The molecule has 0 radical (unpaired) electrons. The van der Waals surface area contributed by atoms with Crippen molar-refractivity contribution >= 4 is 27.8 Å². The number of rotatable bonds is 2. The summed E-state index contributed by atoms with van der Waals surface area (Å²) in [6.45, 7) is 2.41. The van der Waals surface area contributed by atoms with Gasteiger partial charge in [0.25, 0.3) is 5.91 Å². The minimum Gasteiger partial charge on any atom is -0.480 e. The molecular formula is C13H14BrNO3. The van der Waals surface area contributed by atoms with Crippen LogP contribution in [0, 0.1) is 6.92 Å². The number of benzene rings is 1. The molecule has 1 aromatic carbocycles. The van der Waals surface area contributed by atoms with Gasteiger partial charge in [0, 0.05) is 11.0 Å². The second-order valence-electron chi connectivity index (χ2n) is 4.43. The molecule has 1 heterocycles. The summed E-state index contributed by atoms with van der Waals surface area (Å²) < 4.78 is 0.742. The first-order chi connectivity index (χ1) is 8.52. The molecule has 4 nitrogen and oxygen atoms in total. The molecule has 1 saturated heterocycles. The molecule has 1 amide bonds. The van der Waals surface area contributed by atoms with E-state index in [1.165, 1.54) is 4.90 Å². The molecule has 1 aromatic rings. The summed E-state index contributed by atoms with van der Waals surface area (Å²) in [7, 11) is 0. The lowest BCUT2D eigenvalue weighted by Gasteiger charge is -2.22. The quantitative estimate of drug-likeness (QED) is 0.912. The molecule has 2 rings (SSSR count). The van der Waals surface area contributed by atoms with Gasteiger partial charge in [-0.3, -0.25) is 4.79 Å². The molecule has 5 heteroatoms. The van der Waals surface area contributed by atoms with E-state index in [9.17, 15) is 9.59 Å². The number of halogens is 1. The van der Waals surface area contributed by atoms with Gasteiger partial charge in [-0.15, -0.1) is 0 Å². The van der Waals surface area contributed by atoms with E-state index in [1.54, 1.807) is 12.1 Å². The highest BCUT2D eigenvalue weighted by Gasteiger charge is 2.34. The molecule has 1 aliphatic rings. The van der Waals surface area contributed by atoms with E-state index in [-0.39, 0.29) is 5.91 Å². The van der Waals surface area contributed by atoms with Crippen LogP contribution in [0.4, 0.5) is 0 Å². The number of hydrogen-bond acceptors (Lipinski definition) is 2. The van der Waals surface area contributed by atoms with Crippen molar-refractivity contribution in [3.63, 3.8) is 0 Å². The highest BCUT2D eigenvalue weighted by molar-refractivity contribution is 9.10. The molecular weight excluding hydrogens is 298 g/mol. The fourth-order valence-corrected chi connectivity index (χ4v) is 2.67. The van der Waals surface area contributed by atoms with Gasteiger partial charge in [-0.2, -0.15) is 0 Å². The van der Waals surface area contributed by atoms with Gasteiger partial charge >= 0.3 is 5.97 Å². The number of carbonyl (C=O) groups excluding carboxylic acids is 1. The van der Waals surface area contributed by atoms with Crippen molar-refractivity contribution < 1.29 is 14.7 Å². The van der Waals surface area contributed by atoms with Gasteiger partial charge in [0.2, 0.25) is 0 Å². The molecule has 0 saturated carbocycles. The zero-order chi connectivity index (χ0) is 13.3. The van der Waals surface area contributed by atoms with Gasteiger partial charge in [0.05, 0.1) is 5.56 Å². The van der Waals surface area contributed by atoms with E-state index in [1.807, 2.05) is 13.0 Å².